The van der Waals surface area contributed by atoms with Crippen molar-refractivity contribution in [3.63, 3.8) is 0 Å². The number of aliphatic hydroxyl groups is 2. The van der Waals surface area contributed by atoms with Crippen molar-refractivity contribution >= 4 is 0 Å². The van der Waals surface area contributed by atoms with Crippen LogP contribution in [0.25, 0.3) is 0 Å². The Kier molecular flexibility index (Phi) is 10.5. The molecule has 0 aliphatic heterocycles. The minimum Gasteiger partial charge on any atom is -0.392 e. The van der Waals surface area contributed by atoms with Gasteiger partial charge >= 0.3 is 0 Å². The third kappa shape index (κ3) is 10.3. The molecular weight excluding hydrogens is 246 g/mol. The van der Waals surface area contributed by atoms with E-state index < -0.39 is 17.7 Å². The zero-order chi connectivity index (χ0) is 14.7. The van der Waals surface area contributed by atoms with Crippen molar-refractivity contribution in [3.8, 4) is 0 Å². The second-order valence-electron chi connectivity index (χ2n) is 5.47. The van der Waals surface area contributed by atoms with Crippen LogP contribution in [0, 0.1) is 0 Å². The van der Waals surface area contributed by atoms with E-state index in [1.807, 2.05) is 13.8 Å². The molecule has 0 rings (SSSR count). The molecule has 116 valence electrons. The highest BCUT2D eigenvalue weighted by Crippen LogP contribution is 2.07. The zero-order valence-corrected chi connectivity index (χ0v) is 12.8. The van der Waals surface area contributed by atoms with Crippen molar-refractivity contribution in [3.05, 3.63) is 0 Å². The van der Waals surface area contributed by atoms with Crippen molar-refractivity contribution in [1.29, 1.82) is 0 Å². The van der Waals surface area contributed by atoms with E-state index in [9.17, 15) is 10.2 Å². The Morgan fingerprint density at radius 2 is 1.74 bits per heavy atom. The van der Waals surface area contributed by atoms with E-state index in [-0.39, 0.29) is 6.61 Å². The summed E-state index contributed by atoms with van der Waals surface area (Å²) in [4.78, 5) is 0. The first-order chi connectivity index (χ1) is 8.90. The molecule has 0 heterocycles. The van der Waals surface area contributed by atoms with Gasteiger partial charge < -0.3 is 25.0 Å². The quantitative estimate of drug-likeness (QED) is 0.463. The predicted molar refractivity (Wildman–Crippen MR) is 76.3 cm³/mol. The average molecular weight is 277 g/mol. The van der Waals surface area contributed by atoms with Crippen molar-refractivity contribution in [2.24, 2.45) is 0 Å². The highest BCUT2D eigenvalue weighted by atomic mass is 16.5. The normalized spacial score (nSPS) is 15.5. The summed E-state index contributed by atoms with van der Waals surface area (Å²) in [7, 11) is 0. The van der Waals surface area contributed by atoms with Crippen LogP contribution in [0.4, 0.5) is 0 Å². The molecule has 0 aliphatic carbocycles. The minimum absolute atomic E-state index is 0.278. The van der Waals surface area contributed by atoms with Crippen LogP contribution in [0.1, 0.15) is 40.5 Å². The molecule has 0 aromatic heterocycles. The first-order valence-electron chi connectivity index (χ1n) is 7.16. The molecule has 0 aliphatic rings. The van der Waals surface area contributed by atoms with E-state index in [0.29, 0.717) is 19.8 Å². The lowest BCUT2D eigenvalue weighted by Gasteiger charge is -2.30. The van der Waals surface area contributed by atoms with Gasteiger partial charge in [-0.2, -0.15) is 0 Å². The van der Waals surface area contributed by atoms with Crippen LogP contribution >= 0.6 is 0 Å². The Labute approximate surface area is 117 Å². The van der Waals surface area contributed by atoms with Crippen molar-refractivity contribution in [2.75, 3.05) is 33.0 Å². The fourth-order valence-corrected chi connectivity index (χ4v) is 1.27. The summed E-state index contributed by atoms with van der Waals surface area (Å²) in [6.45, 7) is 10.2. The number of β-amino-alcohol motifs (C(OH)–C–C–N with tert-alkyl or cyclic N) is 1. The molecule has 3 N–H and O–H groups in total. The Morgan fingerprint density at radius 3 is 2.32 bits per heavy atom. The van der Waals surface area contributed by atoms with Gasteiger partial charge in [-0.3, -0.25) is 0 Å². The predicted octanol–water partition coefficient (Wildman–Crippen LogP) is 0.930. The third-order valence-corrected chi connectivity index (χ3v) is 3.16. The molecule has 0 aromatic carbocycles. The highest BCUT2D eigenvalue weighted by Gasteiger charge is 2.23. The van der Waals surface area contributed by atoms with Crippen LogP contribution in [0.2, 0.25) is 0 Å². The van der Waals surface area contributed by atoms with Gasteiger partial charge in [0.05, 0.1) is 32.0 Å². The topological polar surface area (TPSA) is 71.0 Å². The van der Waals surface area contributed by atoms with Gasteiger partial charge in [0.1, 0.15) is 0 Å². The summed E-state index contributed by atoms with van der Waals surface area (Å²) < 4.78 is 10.7. The van der Waals surface area contributed by atoms with E-state index in [1.165, 1.54) is 0 Å². The second-order valence-corrected chi connectivity index (χ2v) is 5.47. The number of aliphatic hydroxyl groups excluding tert-OH is 2. The molecular formula is C14H31NO4. The van der Waals surface area contributed by atoms with Crippen LogP contribution in [-0.2, 0) is 9.47 Å². The number of unbranched alkanes of at least 4 members (excludes halogenated alkanes) is 1. The maximum atomic E-state index is 9.73. The van der Waals surface area contributed by atoms with Crippen LogP contribution in [-0.4, -0.2) is 60.9 Å². The number of hydrogen-bond donors (Lipinski definition) is 3. The monoisotopic (exact) mass is 277 g/mol. The van der Waals surface area contributed by atoms with Gasteiger partial charge in [-0.05, 0) is 27.2 Å². The smallest absolute Gasteiger partial charge is 0.0897 e. The van der Waals surface area contributed by atoms with Crippen LogP contribution in [0.3, 0.4) is 0 Å². The first kappa shape index (κ1) is 18.8. The molecule has 5 heteroatoms. The number of rotatable bonds is 12. The summed E-state index contributed by atoms with van der Waals surface area (Å²) in [6, 6.07) is 0. The fourth-order valence-electron chi connectivity index (χ4n) is 1.27. The lowest BCUT2D eigenvalue weighted by Crippen LogP contribution is -2.51. The first-order valence-corrected chi connectivity index (χ1v) is 7.16. The van der Waals surface area contributed by atoms with E-state index in [0.717, 1.165) is 19.4 Å². The maximum Gasteiger partial charge on any atom is 0.0897 e. The number of hydrogen-bond acceptors (Lipinski definition) is 5. The fraction of sp³-hybridized carbons (Fsp3) is 1.00. The molecule has 0 fully saturated rings. The molecule has 0 spiro atoms. The summed E-state index contributed by atoms with van der Waals surface area (Å²) in [6.07, 6.45) is 1.15. The van der Waals surface area contributed by atoms with E-state index in [2.05, 4.69) is 12.2 Å². The van der Waals surface area contributed by atoms with Crippen LogP contribution < -0.4 is 5.32 Å². The summed E-state index contributed by atoms with van der Waals surface area (Å²) in [5.74, 6) is 0. The van der Waals surface area contributed by atoms with Crippen LogP contribution in [0.15, 0.2) is 0 Å². The Hall–Kier alpha value is -0.200. The Morgan fingerprint density at radius 1 is 1.11 bits per heavy atom. The molecule has 0 radical (unpaired) electrons. The van der Waals surface area contributed by atoms with Gasteiger partial charge in [0.15, 0.2) is 0 Å². The molecule has 19 heavy (non-hydrogen) atoms. The van der Waals surface area contributed by atoms with E-state index >= 15 is 0 Å². The molecule has 0 amide bonds. The third-order valence-electron chi connectivity index (χ3n) is 3.16. The number of ether oxygens (including phenoxy) is 2. The molecule has 2 unspecified atom stereocenters. The molecule has 2 atom stereocenters. The van der Waals surface area contributed by atoms with Crippen molar-refractivity contribution < 1.29 is 19.7 Å². The molecule has 5 nitrogen and oxygen atoms in total. The highest BCUT2D eigenvalue weighted by molar-refractivity contribution is 4.83. The second kappa shape index (κ2) is 10.6. The maximum absolute atomic E-state index is 9.73. The summed E-state index contributed by atoms with van der Waals surface area (Å²) in [5, 5.41) is 22.4. The van der Waals surface area contributed by atoms with Gasteiger partial charge in [0.25, 0.3) is 0 Å². The van der Waals surface area contributed by atoms with E-state index in [1.54, 1.807) is 6.92 Å². The Bertz CT molecular complexity index is 210. The molecule has 0 aromatic rings. The van der Waals surface area contributed by atoms with Gasteiger partial charge in [-0.15, -0.1) is 0 Å². The largest absolute Gasteiger partial charge is 0.392 e. The van der Waals surface area contributed by atoms with Gasteiger partial charge in [0.2, 0.25) is 0 Å². The summed E-state index contributed by atoms with van der Waals surface area (Å²) >= 11 is 0. The standard InChI is InChI=1S/C14H31NO4/c1-5-6-7-18-8-9-19-11-13(17)10-15-14(3,4)12(2)16/h12-13,15-17H,5-11H2,1-4H3. The molecule has 0 saturated carbocycles. The lowest BCUT2D eigenvalue weighted by molar-refractivity contribution is -0.00141. The SMILES string of the molecule is CCCCOCCOCC(O)CNC(C)(C)C(C)O. The minimum atomic E-state index is -0.575. The van der Waals surface area contributed by atoms with Gasteiger partial charge in [-0.25, -0.2) is 0 Å². The molecule has 0 bridgehead atoms. The Balaban J connectivity index is 3.47. The summed E-state index contributed by atoms with van der Waals surface area (Å²) in [5.41, 5.74) is -0.412. The van der Waals surface area contributed by atoms with Crippen LogP contribution in [0.5, 0.6) is 0 Å². The van der Waals surface area contributed by atoms with E-state index in [4.69, 9.17) is 9.47 Å². The van der Waals surface area contributed by atoms with Gasteiger partial charge in [-0.1, -0.05) is 13.3 Å². The zero-order valence-electron chi connectivity index (χ0n) is 12.8. The number of nitrogens with one attached hydrogen (secondary N) is 1. The van der Waals surface area contributed by atoms with Gasteiger partial charge in [0, 0.05) is 18.7 Å². The lowest BCUT2D eigenvalue weighted by atomic mass is 9.99. The molecule has 0 saturated heterocycles. The van der Waals surface area contributed by atoms with Crippen molar-refractivity contribution in [1.82, 2.24) is 5.32 Å². The van der Waals surface area contributed by atoms with Crippen molar-refractivity contribution in [2.45, 2.75) is 58.3 Å². The average Bonchev–Trinajstić information content (AvgIpc) is 2.35.